The number of morpholine rings is 1. The van der Waals surface area contributed by atoms with Crippen LogP contribution in [0.4, 0.5) is 0 Å². The third-order valence-electron chi connectivity index (χ3n) is 2.86. The van der Waals surface area contributed by atoms with E-state index in [9.17, 15) is 0 Å². The summed E-state index contributed by atoms with van der Waals surface area (Å²) in [6.45, 7) is 4.58. The van der Waals surface area contributed by atoms with Gasteiger partial charge < -0.3 is 10.1 Å². The van der Waals surface area contributed by atoms with Crippen LogP contribution >= 0.6 is 22.7 Å². The van der Waals surface area contributed by atoms with Gasteiger partial charge in [-0.15, -0.1) is 22.7 Å². The fourth-order valence-corrected chi connectivity index (χ4v) is 3.87. The van der Waals surface area contributed by atoms with Crippen molar-refractivity contribution in [2.45, 2.75) is 13.0 Å². The molecular weight excluding hydrogens is 252 g/mol. The summed E-state index contributed by atoms with van der Waals surface area (Å²) < 4.78 is 5.46. The molecule has 0 amide bonds. The molecule has 0 aromatic carbocycles. The molecule has 3 heterocycles. The highest BCUT2D eigenvalue weighted by atomic mass is 32.1. The van der Waals surface area contributed by atoms with E-state index in [0.29, 0.717) is 0 Å². The molecule has 0 bridgehead atoms. The van der Waals surface area contributed by atoms with Crippen LogP contribution < -0.4 is 5.32 Å². The largest absolute Gasteiger partial charge is 0.378 e. The smallest absolute Gasteiger partial charge is 0.133 e. The Morgan fingerprint density at radius 2 is 2.41 bits per heavy atom. The molecule has 1 fully saturated rings. The van der Waals surface area contributed by atoms with Crippen molar-refractivity contribution in [3.8, 4) is 9.88 Å². The van der Waals surface area contributed by atoms with Crippen LogP contribution in [0.5, 0.6) is 0 Å². The highest BCUT2D eigenvalue weighted by molar-refractivity contribution is 7.20. The predicted molar refractivity (Wildman–Crippen MR) is 71.7 cm³/mol. The first-order chi connectivity index (χ1) is 8.34. The number of nitrogens with zero attached hydrogens (tertiary/aromatic N) is 1. The number of nitrogens with one attached hydrogen (secondary N) is 1. The third-order valence-corrected chi connectivity index (χ3v) is 4.89. The minimum atomic E-state index is 0.258. The molecule has 17 heavy (non-hydrogen) atoms. The highest BCUT2D eigenvalue weighted by Crippen LogP contribution is 2.32. The van der Waals surface area contributed by atoms with Crippen LogP contribution in [0.15, 0.2) is 16.8 Å². The van der Waals surface area contributed by atoms with Gasteiger partial charge in [0.2, 0.25) is 0 Å². The normalized spacial score (nSPS) is 20.6. The van der Waals surface area contributed by atoms with Crippen molar-refractivity contribution in [2.24, 2.45) is 0 Å². The molecule has 5 heteroatoms. The van der Waals surface area contributed by atoms with E-state index < -0.39 is 0 Å². The van der Waals surface area contributed by atoms with Crippen molar-refractivity contribution in [1.82, 2.24) is 10.3 Å². The molecule has 1 N–H and O–H groups in total. The lowest BCUT2D eigenvalue weighted by atomic mass is 10.2. The number of ether oxygens (including phenoxy) is 1. The Balaban J connectivity index is 1.85. The number of aromatic nitrogens is 1. The molecule has 0 spiro atoms. The van der Waals surface area contributed by atoms with Gasteiger partial charge in [0.25, 0.3) is 0 Å². The summed E-state index contributed by atoms with van der Waals surface area (Å²) in [7, 11) is 0. The monoisotopic (exact) mass is 266 g/mol. The molecule has 1 saturated heterocycles. The van der Waals surface area contributed by atoms with Crippen LogP contribution in [0.25, 0.3) is 9.88 Å². The lowest BCUT2D eigenvalue weighted by Gasteiger charge is -2.21. The van der Waals surface area contributed by atoms with E-state index in [2.05, 4.69) is 29.1 Å². The Hall–Kier alpha value is -0.750. The number of hydrogen-bond acceptors (Lipinski definition) is 5. The maximum Gasteiger partial charge on any atom is 0.133 e. The molecular formula is C12H14N2OS2. The van der Waals surface area contributed by atoms with Crippen LogP contribution in [0.2, 0.25) is 0 Å². The second-order valence-electron chi connectivity index (χ2n) is 4.09. The lowest BCUT2D eigenvalue weighted by molar-refractivity contribution is 0.0758. The van der Waals surface area contributed by atoms with Gasteiger partial charge in [0, 0.05) is 11.9 Å². The van der Waals surface area contributed by atoms with E-state index in [0.717, 1.165) is 30.5 Å². The number of thiazole rings is 1. The van der Waals surface area contributed by atoms with E-state index in [1.165, 1.54) is 10.4 Å². The molecule has 1 aliphatic heterocycles. The Bertz CT molecular complexity index is 500. The molecule has 2 aromatic rings. The SMILES string of the molecule is Cc1ccsc1-c1nc(C2COCCN2)cs1. The fourth-order valence-electron chi connectivity index (χ4n) is 1.90. The Morgan fingerprint density at radius 3 is 3.12 bits per heavy atom. The average Bonchev–Trinajstić information content (AvgIpc) is 2.98. The van der Waals surface area contributed by atoms with Gasteiger partial charge in [-0.2, -0.15) is 0 Å². The first-order valence-corrected chi connectivity index (χ1v) is 7.41. The van der Waals surface area contributed by atoms with Gasteiger partial charge in [-0.3, -0.25) is 0 Å². The van der Waals surface area contributed by atoms with Gasteiger partial charge in [0.05, 0.1) is 29.8 Å². The summed E-state index contributed by atoms with van der Waals surface area (Å²) in [6, 6.07) is 2.40. The standard InChI is InChI=1S/C12H14N2OS2/c1-8-2-5-16-11(8)12-14-10(7-17-12)9-6-15-4-3-13-9/h2,5,7,9,13H,3-4,6H2,1H3. The minimum absolute atomic E-state index is 0.258. The van der Waals surface area contributed by atoms with Crippen molar-refractivity contribution < 1.29 is 4.74 Å². The van der Waals surface area contributed by atoms with Gasteiger partial charge in [-0.25, -0.2) is 4.98 Å². The molecule has 1 atom stereocenters. The molecule has 3 rings (SSSR count). The second kappa shape index (κ2) is 4.86. The van der Waals surface area contributed by atoms with Crippen molar-refractivity contribution in [2.75, 3.05) is 19.8 Å². The van der Waals surface area contributed by atoms with Crippen LogP contribution in [-0.2, 0) is 4.74 Å². The van der Waals surface area contributed by atoms with Gasteiger partial charge in [-0.1, -0.05) is 0 Å². The summed E-state index contributed by atoms with van der Waals surface area (Å²) in [5, 5.41) is 8.81. The van der Waals surface area contributed by atoms with Crippen molar-refractivity contribution in [3.05, 3.63) is 28.1 Å². The zero-order valence-electron chi connectivity index (χ0n) is 9.60. The Labute approximate surface area is 108 Å². The number of rotatable bonds is 2. The van der Waals surface area contributed by atoms with Crippen LogP contribution in [0, 0.1) is 6.92 Å². The summed E-state index contributed by atoms with van der Waals surface area (Å²) in [5.41, 5.74) is 2.42. The molecule has 90 valence electrons. The summed E-state index contributed by atoms with van der Waals surface area (Å²) in [6.07, 6.45) is 0. The summed E-state index contributed by atoms with van der Waals surface area (Å²) in [4.78, 5) is 6.01. The first kappa shape index (κ1) is 11.3. The zero-order valence-corrected chi connectivity index (χ0v) is 11.2. The van der Waals surface area contributed by atoms with Gasteiger partial charge >= 0.3 is 0 Å². The first-order valence-electron chi connectivity index (χ1n) is 5.65. The topological polar surface area (TPSA) is 34.1 Å². The quantitative estimate of drug-likeness (QED) is 0.907. The maximum atomic E-state index is 5.46. The van der Waals surface area contributed by atoms with Crippen LogP contribution in [0.3, 0.4) is 0 Å². The summed E-state index contributed by atoms with van der Waals surface area (Å²) in [5.74, 6) is 0. The second-order valence-corrected chi connectivity index (χ2v) is 5.87. The molecule has 0 aliphatic carbocycles. The van der Waals surface area contributed by atoms with Crippen molar-refractivity contribution >= 4 is 22.7 Å². The van der Waals surface area contributed by atoms with E-state index in [1.807, 2.05) is 0 Å². The molecule has 0 radical (unpaired) electrons. The third kappa shape index (κ3) is 2.28. The Morgan fingerprint density at radius 1 is 1.47 bits per heavy atom. The van der Waals surface area contributed by atoms with E-state index in [-0.39, 0.29) is 6.04 Å². The van der Waals surface area contributed by atoms with Gasteiger partial charge in [0.15, 0.2) is 0 Å². The van der Waals surface area contributed by atoms with Crippen LogP contribution in [-0.4, -0.2) is 24.7 Å². The number of thiophene rings is 1. The maximum absolute atomic E-state index is 5.46. The highest BCUT2D eigenvalue weighted by Gasteiger charge is 2.19. The van der Waals surface area contributed by atoms with E-state index in [1.54, 1.807) is 22.7 Å². The number of hydrogen-bond donors (Lipinski definition) is 1. The average molecular weight is 266 g/mol. The molecule has 3 nitrogen and oxygen atoms in total. The molecule has 1 unspecified atom stereocenters. The van der Waals surface area contributed by atoms with E-state index >= 15 is 0 Å². The summed E-state index contributed by atoms with van der Waals surface area (Å²) >= 11 is 3.48. The Kier molecular flexibility index (Phi) is 3.24. The lowest BCUT2D eigenvalue weighted by Crippen LogP contribution is -2.34. The molecule has 2 aromatic heterocycles. The molecule has 1 aliphatic rings. The molecule has 0 saturated carbocycles. The predicted octanol–water partition coefficient (Wildman–Crippen LogP) is 2.84. The fraction of sp³-hybridized carbons (Fsp3) is 0.417. The van der Waals surface area contributed by atoms with Crippen molar-refractivity contribution in [3.63, 3.8) is 0 Å². The minimum Gasteiger partial charge on any atom is -0.378 e. The van der Waals surface area contributed by atoms with Crippen LogP contribution in [0.1, 0.15) is 17.3 Å². The van der Waals surface area contributed by atoms with Crippen molar-refractivity contribution in [1.29, 1.82) is 0 Å². The van der Waals surface area contributed by atoms with Gasteiger partial charge in [-0.05, 0) is 23.9 Å². The number of aryl methyl sites for hydroxylation is 1. The van der Waals surface area contributed by atoms with Gasteiger partial charge in [0.1, 0.15) is 5.01 Å². The zero-order chi connectivity index (χ0) is 11.7. The van der Waals surface area contributed by atoms with E-state index in [4.69, 9.17) is 9.72 Å².